The number of amides is 2. The Morgan fingerprint density at radius 3 is 2.34 bits per heavy atom. The molecule has 0 aliphatic heterocycles. The van der Waals surface area contributed by atoms with Gasteiger partial charge in [-0.3, -0.25) is 9.59 Å². The van der Waals surface area contributed by atoms with Crippen LogP contribution in [-0.4, -0.2) is 36.0 Å². The number of ether oxygens (including phenoxy) is 1. The predicted molar refractivity (Wildman–Crippen MR) is 113 cm³/mol. The molecule has 0 heterocycles. The first kappa shape index (κ1) is 22.7. The topological polar surface area (TPSA) is 84.5 Å². The van der Waals surface area contributed by atoms with Crippen LogP contribution in [0, 0.1) is 5.92 Å². The molecule has 158 valence electrons. The number of hydrogen-bond donors (Lipinski definition) is 2. The van der Waals surface area contributed by atoms with Crippen molar-refractivity contribution in [1.29, 1.82) is 0 Å². The zero-order chi connectivity index (χ0) is 21.3. The number of nitrogens with one attached hydrogen (secondary N) is 2. The van der Waals surface area contributed by atoms with Crippen LogP contribution in [0.5, 0.6) is 0 Å². The van der Waals surface area contributed by atoms with E-state index in [0.717, 1.165) is 24.8 Å². The van der Waals surface area contributed by atoms with Crippen molar-refractivity contribution in [2.24, 2.45) is 5.92 Å². The van der Waals surface area contributed by atoms with Gasteiger partial charge in [0.2, 0.25) is 11.8 Å². The SMILES string of the molecule is CCOC(=O)[C@@H](NC(=O)C1(NC(=O)/C=C/c2ccccc2)CCCCC1)C(C)C. The molecule has 6 heteroatoms. The summed E-state index contributed by atoms with van der Waals surface area (Å²) < 4.78 is 5.10. The van der Waals surface area contributed by atoms with Crippen LogP contribution in [0.25, 0.3) is 6.08 Å². The van der Waals surface area contributed by atoms with Crippen LogP contribution < -0.4 is 10.6 Å². The summed E-state index contributed by atoms with van der Waals surface area (Å²) in [4.78, 5) is 38.0. The molecule has 0 unspecified atom stereocenters. The van der Waals surface area contributed by atoms with Crippen molar-refractivity contribution < 1.29 is 19.1 Å². The second kappa shape index (κ2) is 10.8. The smallest absolute Gasteiger partial charge is 0.328 e. The van der Waals surface area contributed by atoms with E-state index in [1.807, 2.05) is 44.2 Å². The molecule has 2 amide bonds. The summed E-state index contributed by atoms with van der Waals surface area (Å²) in [6.45, 7) is 5.70. The molecular weight excluding hydrogens is 368 g/mol. The molecule has 0 saturated heterocycles. The maximum Gasteiger partial charge on any atom is 0.328 e. The fourth-order valence-corrected chi connectivity index (χ4v) is 3.59. The average Bonchev–Trinajstić information content (AvgIpc) is 2.71. The highest BCUT2D eigenvalue weighted by Gasteiger charge is 2.42. The van der Waals surface area contributed by atoms with Crippen molar-refractivity contribution in [3.63, 3.8) is 0 Å². The average molecular weight is 401 g/mol. The molecule has 1 aliphatic rings. The Morgan fingerprint density at radius 2 is 1.76 bits per heavy atom. The maximum atomic E-state index is 13.2. The Kier molecular flexibility index (Phi) is 8.43. The normalized spacial score (nSPS) is 17.0. The summed E-state index contributed by atoms with van der Waals surface area (Å²) in [5, 5.41) is 5.77. The Balaban J connectivity index is 2.13. The minimum absolute atomic E-state index is 0.118. The van der Waals surface area contributed by atoms with E-state index in [-0.39, 0.29) is 24.3 Å². The van der Waals surface area contributed by atoms with Gasteiger partial charge in [0.15, 0.2) is 0 Å². The van der Waals surface area contributed by atoms with E-state index in [9.17, 15) is 14.4 Å². The van der Waals surface area contributed by atoms with E-state index >= 15 is 0 Å². The number of carbonyl (C=O) groups excluding carboxylic acids is 3. The molecule has 1 aromatic carbocycles. The van der Waals surface area contributed by atoms with Gasteiger partial charge in [0.05, 0.1) is 6.61 Å². The van der Waals surface area contributed by atoms with E-state index in [2.05, 4.69) is 10.6 Å². The van der Waals surface area contributed by atoms with Gasteiger partial charge < -0.3 is 15.4 Å². The minimum atomic E-state index is -1.00. The summed E-state index contributed by atoms with van der Waals surface area (Å²) in [6.07, 6.45) is 7.00. The Morgan fingerprint density at radius 1 is 1.10 bits per heavy atom. The monoisotopic (exact) mass is 400 g/mol. The molecule has 6 nitrogen and oxygen atoms in total. The predicted octanol–water partition coefficient (Wildman–Crippen LogP) is 3.22. The lowest BCUT2D eigenvalue weighted by atomic mass is 9.80. The van der Waals surface area contributed by atoms with E-state index in [4.69, 9.17) is 4.74 Å². The van der Waals surface area contributed by atoms with Crippen LogP contribution in [0.2, 0.25) is 0 Å². The molecule has 29 heavy (non-hydrogen) atoms. The number of carbonyl (C=O) groups is 3. The van der Waals surface area contributed by atoms with Gasteiger partial charge in [0.1, 0.15) is 11.6 Å². The largest absolute Gasteiger partial charge is 0.464 e. The first-order chi connectivity index (χ1) is 13.9. The highest BCUT2D eigenvalue weighted by Crippen LogP contribution is 2.29. The zero-order valence-corrected chi connectivity index (χ0v) is 17.6. The summed E-state index contributed by atoms with van der Waals surface area (Å²) in [5.41, 5.74) is -0.0947. The molecule has 2 N–H and O–H groups in total. The van der Waals surface area contributed by atoms with Crippen molar-refractivity contribution >= 4 is 23.9 Å². The van der Waals surface area contributed by atoms with Crippen molar-refractivity contribution in [1.82, 2.24) is 10.6 Å². The third kappa shape index (κ3) is 6.44. The molecular formula is C23H32N2O4. The van der Waals surface area contributed by atoms with Crippen molar-refractivity contribution in [2.45, 2.75) is 64.5 Å². The standard InChI is InChI=1S/C23H32N2O4/c1-4-29-21(27)20(17(2)3)24-22(28)23(15-9-6-10-16-23)25-19(26)14-13-18-11-7-5-8-12-18/h5,7-8,11-14,17,20H,4,6,9-10,15-16H2,1-3H3,(H,24,28)(H,25,26)/b14-13+/t20-/m0/s1. The molecule has 1 atom stereocenters. The summed E-state index contributed by atoms with van der Waals surface area (Å²) in [5.74, 6) is -1.20. The van der Waals surface area contributed by atoms with Crippen LogP contribution in [0.15, 0.2) is 36.4 Å². The lowest BCUT2D eigenvalue weighted by Gasteiger charge is -2.37. The Bertz CT molecular complexity index is 722. The van der Waals surface area contributed by atoms with Gasteiger partial charge in [-0.15, -0.1) is 0 Å². The number of benzene rings is 1. The Labute approximate surface area is 173 Å². The quantitative estimate of drug-likeness (QED) is 0.518. The van der Waals surface area contributed by atoms with E-state index in [1.54, 1.807) is 13.0 Å². The molecule has 2 rings (SSSR count). The lowest BCUT2D eigenvalue weighted by molar-refractivity contribution is -0.150. The van der Waals surface area contributed by atoms with Crippen LogP contribution in [0.1, 0.15) is 58.4 Å². The Hall–Kier alpha value is -2.63. The van der Waals surface area contributed by atoms with Gasteiger partial charge in [-0.1, -0.05) is 63.4 Å². The summed E-state index contributed by atoms with van der Waals surface area (Å²) in [7, 11) is 0. The zero-order valence-electron chi connectivity index (χ0n) is 17.6. The molecule has 1 aliphatic carbocycles. The maximum absolute atomic E-state index is 13.2. The van der Waals surface area contributed by atoms with Crippen LogP contribution in [0.3, 0.4) is 0 Å². The van der Waals surface area contributed by atoms with Crippen LogP contribution >= 0.6 is 0 Å². The van der Waals surface area contributed by atoms with E-state index < -0.39 is 17.6 Å². The van der Waals surface area contributed by atoms with Gasteiger partial charge in [0.25, 0.3) is 0 Å². The second-order valence-corrected chi connectivity index (χ2v) is 7.82. The molecule has 0 aromatic heterocycles. The van der Waals surface area contributed by atoms with Gasteiger partial charge in [-0.25, -0.2) is 4.79 Å². The molecule has 0 bridgehead atoms. The van der Waals surface area contributed by atoms with Gasteiger partial charge in [0, 0.05) is 6.08 Å². The van der Waals surface area contributed by atoms with Crippen LogP contribution in [-0.2, 0) is 19.1 Å². The molecule has 1 saturated carbocycles. The minimum Gasteiger partial charge on any atom is -0.464 e. The number of esters is 1. The van der Waals surface area contributed by atoms with Gasteiger partial charge in [-0.05, 0) is 37.3 Å². The fraction of sp³-hybridized carbons (Fsp3) is 0.522. The fourth-order valence-electron chi connectivity index (χ4n) is 3.59. The lowest BCUT2D eigenvalue weighted by Crippen LogP contribution is -2.62. The first-order valence-electron chi connectivity index (χ1n) is 10.4. The first-order valence-corrected chi connectivity index (χ1v) is 10.4. The highest BCUT2D eigenvalue weighted by molar-refractivity contribution is 5.98. The summed E-state index contributed by atoms with van der Waals surface area (Å²) >= 11 is 0. The molecule has 0 spiro atoms. The number of hydrogen-bond acceptors (Lipinski definition) is 4. The third-order valence-corrected chi connectivity index (χ3v) is 5.22. The number of rotatable bonds is 8. The second-order valence-electron chi connectivity index (χ2n) is 7.82. The van der Waals surface area contributed by atoms with Gasteiger partial charge >= 0.3 is 5.97 Å². The van der Waals surface area contributed by atoms with Crippen molar-refractivity contribution in [2.75, 3.05) is 6.61 Å². The van der Waals surface area contributed by atoms with E-state index in [1.165, 1.54) is 6.08 Å². The van der Waals surface area contributed by atoms with Crippen LogP contribution in [0.4, 0.5) is 0 Å². The van der Waals surface area contributed by atoms with Crippen molar-refractivity contribution in [3.05, 3.63) is 42.0 Å². The molecule has 1 fully saturated rings. The molecule has 1 aromatic rings. The third-order valence-electron chi connectivity index (χ3n) is 5.22. The highest BCUT2D eigenvalue weighted by atomic mass is 16.5. The van der Waals surface area contributed by atoms with Crippen molar-refractivity contribution in [3.8, 4) is 0 Å². The molecule has 0 radical (unpaired) electrons. The summed E-state index contributed by atoms with van der Waals surface area (Å²) in [6, 6.07) is 8.77. The van der Waals surface area contributed by atoms with Gasteiger partial charge in [-0.2, -0.15) is 0 Å². The van der Waals surface area contributed by atoms with E-state index in [0.29, 0.717) is 12.8 Å².